The highest BCUT2D eigenvalue weighted by atomic mass is 16.3. The molecule has 2 aromatic rings. The molecule has 0 aliphatic rings. The summed E-state index contributed by atoms with van der Waals surface area (Å²) in [5.74, 6) is 0.982. The van der Waals surface area contributed by atoms with Crippen molar-refractivity contribution in [3.05, 3.63) is 59.0 Å². The number of aryl methyl sites for hydroxylation is 2. The van der Waals surface area contributed by atoms with E-state index in [1.54, 1.807) is 6.26 Å². The van der Waals surface area contributed by atoms with E-state index in [0.717, 1.165) is 12.2 Å². The minimum absolute atomic E-state index is 0.209. The molecule has 0 fully saturated rings. The number of benzene rings is 1. The minimum Gasteiger partial charge on any atom is -0.469 e. The fourth-order valence-corrected chi connectivity index (χ4v) is 2.41. The Morgan fingerprint density at radius 1 is 1.28 bits per heavy atom. The maximum atomic E-state index is 5.41. The van der Waals surface area contributed by atoms with Gasteiger partial charge >= 0.3 is 0 Å². The third-order valence-corrected chi connectivity index (χ3v) is 3.32. The highest BCUT2D eigenvalue weighted by Gasteiger charge is 2.16. The molecule has 1 aromatic carbocycles. The quantitative estimate of drug-likeness (QED) is 0.863. The van der Waals surface area contributed by atoms with Gasteiger partial charge in [0.15, 0.2) is 0 Å². The molecule has 1 N–H and O–H groups in total. The van der Waals surface area contributed by atoms with Gasteiger partial charge in [0.2, 0.25) is 0 Å². The zero-order chi connectivity index (χ0) is 13.0. The van der Waals surface area contributed by atoms with Gasteiger partial charge in [-0.25, -0.2) is 0 Å². The van der Waals surface area contributed by atoms with Gasteiger partial charge in [-0.2, -0.15) is 0 Å². The number of hydrogen-bond acceptors (Lipinski definition) is 2. The summed E-state index contributed by atoms with van der Waals surface area (Å²) in [6, 6.07) is 11.1. The first-order chi connectivity index (χ1) is 8.76. The van der Waals surface area contributed by atoms with Gasteiger partial charge in [0.25, 0.3) is 0 Å². The minimum atomic E-state index is 0.209. The van der Waals surface area contributed by atoms with Crippen molar-refractivity contribution in [2.24, 2.45) is 0 Å². The van der Waals surface area contributed by atoms with E-state index >= 15 is 0 Å². The predicted molar refractivity (Wildman–Crippen MR) is 74.8 cm³/mol. The highest BCUT2D eigenvalue weighted by molar-refractivity contribution is 5.35. The fraction of sp³-hybridized carbons (Fsp3) is 0.375. The Kier molecular flexibility index (Phi) is 4.21. The van der Waals surface area contributed by atoms with E-state index in [2.05, 4.69) is 36.5 Å². The topological polar surface area (TPSA) is 25.2 Å². The molecule has 0 aliphatic carbocycles. The summed E-state index contributed by atoms with van der Waals surface area (Å²) >= 11 is 0. The predicted octanol–water partition coefficient (Wildman–Crippen LogP) is 3.85. The number of nitrogens with one attached hydrogen (secondary N) is 1. The van der Waals surface area contributed by atoms with Gasteiger partial charge < -0.3 is 9.73 Å². The van der Waals surface area contributed by atoms with Gasteiger partial charge in [-0.3, -0.25) is 0 Å². The summed E-state index contributed by atoms with van der Waals surface area (Å²) in [5.41, 5.74) is 3.91. The molecular formula is C16H21NO. The molecule has 0 saturated heterocycles. The molecule has 0 amide bonds. The van der Waals surface area contributed by atoms with E-state index in [0.29, 0.717) is 0 Å². The first-order valence-corrected chi connectivity index (χ1v) is 6.56. The average molecular weight is 243 g/mol. The van der Waals surface area contributed by atoms with E-state index in [1.165, 1.54) is 23.1 Å². The van der Waals surface area contributed by atoms with Crippen LogP contribution in [0.3, 0.4) is 0 Å². The Morgan fingerprint density at radius 2 is 2.11 bits per heavy atom. The molecule has 0 saturated carbocycles. The highest BCUT2D eigenvalue weighted by Crippen LogP contribution is 2.26. The molecule has 2 rings (SSSR count). The van der Waals surface area contributed by atoms with Crippen LogP contribution in [0, 0.1) is 6.92 Å². The van der Waals surface area contributed by atoms with Crippen LogP contribution >= 0.6 is 0 Å². The molecule has 0 bridgehead atoms. The summed E-state index contributed by atoms with van der Waals surface area (Å²) < 4.78 is 5.41. The third kappa shape index (κ3) is 2.65. The van der Waals surface area contributed by atoms with Crippen molar-refractivity contribution in [3.63, 3.8) is 0 Å². The normalized spacial score (nSPS) is 12.6. The molecule has 96 valence electrons. The second-order valence-corrected chi connectivity index (χ2v) is 4.65. The molecule has 1 atom stereocenters. The zero-order valence-corrected chi connectivity index (χ0v) is 11.4. The lowest BCUT2D eigenvalue weighted by Gasteiger charge is -2.17. The summed E-state index contributed by atoms with van der Waals surface area (Å²) in [7, 11) is 1.99. The van der Waals surface area contributed by atoms with Gasteiger partial charge in [-0.05, 0) is 37.6 Å². The van der Waals surface area contributed by atoms with Crippen LogP contribution in [0.2, 0.25) is 0 Å². The van der Waals surface area contributed by atoms with Crippen LogP contribution in [0.25, 0.3) is 0 Å². The summed E-state index contributed by atoms with van der Waals surface area (Å²) in [6.45, 7) is 4.22. The van der Waals surface area contributed by atoms with E-state index in [4.69, 9.17) is 4.42 Å². The standard InChI is InChI=1S/C16H21NO/c1-4-6-13-7-5-8-14(11-13)16(17-3)15-9-10-18-12(15)2/h5,7-11,16-17H,4,6H2,1-3H3. The Bertz CT molecular complexity index is 501. The first kappa shape index (κ1) is 12.9. The Balaban J connectivity index is 2.33. The number of hydrogen-bond donors (Lipinski definition) is 1. The maximum absolute atomic E-state index is 5.41. The molecule has 18 heavy (non-hydrogen) atoms. The second-order valence-electron chi connectivity index (χ2n) is 4.65. The molecular weight excluding hydrogens is 222 g/mol. The lowest BCUT2D eigenvalue weighted by Crippen LogP contribution is -2.18. The summed E-state index contributed by atoms with van der Waals surface area (Å²) in [5, 5.41) is 3.37. The Hall–Kier alpha value is -1.54. The van der Waals surface area contributed by atoms with Crippen LogP contribution in [0.1, 0.15) is 41.8 Å². The van der Waals surface area contributed by atoms with E-state index in [9.17, 15) is 0 Å². The van der Waals surface area contributed by atoms with Crippen LogP contribution in [-0.2, 0) is 6.42 Å². The molecule has 0 aliphatic heterocycles. The molecule has 2 heteroatoms. The summed E-state index contributed by atoms with van der Waals surface area (Å²) in [4.78, 5) is 0. The largest absolute Gasteiger partial charge is 0.469 e. The zero-order valence-electron chi connectivity index (χ0n) is 11.4. The van der Waals surface area contributed by atoms with Crippen molar-refractivity contribution in [2.45, 2.75) is 32.7 Å². The molecule has 0 spiro atoms. The summed E-state index contributed by atoms with van der Waals surface area (Å²) in [6.07, 6.45) is 4.07. The lowest BCUT2D eigenvalue weighted by atomic mass is 9.96. The first-order valence-electron chi connectivity index (χ1n) is 6.56. The molecule has 0 radical (unpaired) electrons. The molecule has 1 heterocycles. The van der Waals surface area contributed by atoms with Crippen molar-refractivity contribution in [2.75, 3.05) is 7.05 Å². The van der Waals surface area contributed by atoms with Crippen LogP contribution in [-0.4, -0.2) is 7.05 Å². The third-order valence-electron chi connectivity index (χ3n) is 3.32. The van der Waals surface area contributed by atoms with Gasteiger partial charge in [-0.1, -0.05) is 37.6 Å². The van der Waals surface area contributed by atoms with Crippen molar-refractivity contribution in [1.82, 2.24) is 5.32 Å². The van der Waals surface area contributed by atoms with E-state index in [-0.39, 0.29) is 6.04 Å². The van der Waals surface area contributed by atoms with E-state index in [1.807, 2.05) is 20.0 Å². The van der Waals surface area contributed by atoms with E-state index < -0.39 is 0 Å². The van der Waals surface area contributed by atoms with Crippen LogP contribution in [0.5, 0.6) is 0 Å². The average Bonchev–Trinajstić information content (AvgIpc) is 2.78. The number of furan rings is 1. The van der Waals surface area contributed by atoms with Gasteiger partial charge in [0, 0.05) is 5.56 Å². The van der Waals surface area contributed by atoms with Gasteiger partial charge in [-0.15, -0.1) is 0 Å². The molecule has 1 unspecified atom stereocenters. The van der Waals surface area contributed by atoms with Crippen LogP contribution < -0.4 is 5.32 Å². The van der Waals surface area contributed by atoms with Crippen LogP contribution in [0.15, 0.2) is 41.0 Å². The monoisotopic (exact) mass is 243 g/mol. The van der Waals surface area contributed by atoms with Crippen molar-refractivity contribution >= 4 is 0 Å². The number of rotatable bonds is 5. The fourth-order valence-electron chi connectivity index (χ4n) is 2.41. The van der Waals surface area contributed by atoms with Crippen molar-refractivity contribution < 1.29 is 4.42 Å². The van der Waals surface area contributed by atoms with Crippen molar-refractivity contribution in [3.8, 4) is 0 Å². The Morgan fingerprint density at radius 3 is 2.72 bits per heavy atom. The van der Waals surface area contributed by atoms with Gasteiger partial charge in [0.05, 0.1) is 12.3 Å². The maximum Gasteiger partial charge on any atom is 0.105 e. The molecule has 2 nitrogen and oxygen atoms in total. The smallest absolute Gasteiger partial charge is 0.105 e. The molecule has 1 aromatic heterocycles. The van der Waals surface area contributed by atoms with Gasteiger partial charge in [0.1, 0.15) is 5.76 Å². The Labute approximate surface area is 109 Å². The SMILES string of the molecule is CCCc1cccc(C(NC)c2ccoc2C)c1. The van der Waals surface area contributed by atoms with Crippen molar-refractivity contribution in [1.29, 1.82) is 0 Å². The second kappa shape index (κ2) is 5.87. The van der Waals surface area contributed by atoms with Crippen LogP contribution in [0.4, 0.5) is 0 Å². The lowest BCUT2D eigenvalue weighted by molar-refractivity contribution is 0.523.